The molecule has 1 fully saturated rings. The smallest absolute Gasteiger partial charge is 0.335 e. The number of carboxylic acid groups (broad SMARTS) is 1. The molecule has 1 aliphatic rings. The molecule has 0 saturated carbocycles. The summed E-state index contributed by atoms with van der Waals surface area (Å²) in [4.78, 5) is 16.3. The lowest BCUT2D eigenvalue weighted by Gasteiger charge is -2.38. The summed E-state index contributed by atoms with van der Waals surface area (Å²) in [7, 11) is 3.34. The molecule has 1 heterocycles. The molecule has 5 N–H and O–H groups in total. The fourth-order valence-corrected chi connectivity index (χ4v) is 2.70. The van der Waals surface area contributed by atoms with Gasteiger partial charge in [0.25, 0.3) is 0 Å². The SMILES string of the molecule is CCNc1cc(CN(C)OC)ccc1OC1OC(C(=O)O)C(O)C(O)C1O. The minimum Gasteiger partial charge on any atom is -0.479 e. The number of hydroxylamine groups is 2. The summed E-state index contributed by atoms with van der Waals surface area (Å²) in [5, 5.41) is 43.6. The third kappa shape index (κ3) is 5.06. The summed E-state index contributed by atoms with van der Waals surface area (Å²) in [5.41, 5.74) is 1.52. The van der Waals surface area contributed by atoms with E-state index in [0.717, 1.165) is 5.56 Å². The highest BCUT2D eigenvalue weighted by Crippen LogP contribution is 2.31. The Bertz CT molecular complexity index is 643. The van der Waals surface area contributed by atoms with Crippen LogP contribution < -0.4 is 10.1 Å². The number of hydrogen-bond donors (Lipinski definition) is 5. The van der Waals surface area contributed by atoms with Gasteiger partial charge in [0.1, 0.15) is 24.1 Å². The zero-order chi connectivity index (χ0) is 20.1. The van der Waals surface area contributed by atoms with Crippen molar-refractivity contribution in [1.29, 1.82) is 0 Å². The summed E-state index contributed by atoms with van der Waals surface area (Å²) in [6, 6.07) is 5.24. The average molecular weight is 386 g/mol. The molecule has 0 radical (unpaired) electrons. The molecule has 0 aliphatic carbocycles. The Hall–Kier alpha value is -1.95. The van der Waals surface area contributed by atoms with E-state index < -0.39 is 36.7 Å². The highest BCUT2D eigenvalue weighted by Gasteiger charge is 2.48. The van der Waals surface area contributed by atoms with Gasteiger partial charge in [0.2, 0.25) is 6.29 Å². The summed E-state index contributed by atoms with van der Waals surface area (Å²) in [6.45, 7) is 3.00. The second-order valence-electron chi connectivity index (χ2n) is 6.18. The normalized spacial score (nSPS) is 28.2. The number of ether oxygens (including phenoxy) is 2. The average Bonchev–Trinajstić information content (AvgIpc) is 2.63. The molecule has 2 rings (SSSR count). The van der Waals surface area contributed by atoms with Crippen molar-refractivity contribution in [1.82, 2.24) is 5.06 Å². The van der Waals surface area contributed by atoms with E-state index in [1.165, 1.54) is 0 Å². The number of aliphatic carboxylic acids is 1. The fraction of sp³-hybridized carbons (Fsp3) is 0.588. The molecule has 27 heavy (non-hydrogen) atoms. The van der Waals surface area contributed by atoms with E-state index in [0.29, 0.717) is 24.5 Å². The molecular formula is C17H26N2O8. The molecule has 10 heteroatoms. The maximum Gasteiger partial charge on any atom is 0.335 e. The number of aliphatic hydroxyl groups is 3. The fourth-order valence-electron chi connectivity index (χ4n) is 2.70. The van der Waals surface area contributed by atoms with Gasteiger partial charge < -0.3 is 40.1 Å². The Morgan fingerprint density at radius 3 is 2.56 bits per heavy atom. The summed E-state index contributed by atoms with van der Waals surface area (Å²) >= 11 is 0. The zero-order valence-corrected chi connectivity index (χ0v) is 15.4. The number of aliphatic hydroxyl groups excluding tert-OH is 3. The quantitative estimate of drug-likeness (QED) is 0.367. The number of rotatable bonds is 8. The maximum atomic E-state index is 11.2. The predicted molar refractivity (Wildman–Crippen MR) is 94.0 cm³/mol. The van der Waals surface area contributed by atoms with Crippen LogP contribution in [0, 0.1) is 0 Å². The van der Waals surface area contributed by atoms with E-state index in [1.54, 1.807) is 31.4 Å². The van der Waals surface area contributed by atoms with Crippen LogP contribution in [0.1, 0.15) is 12.5 Å². The molecule has 152 valence electrons. The molecule has 0 amide bonds. The molecule has 1 aliphatic heterocycles. The lowest BCUT2D eigenvalue weighted by atomic mass is 9.99. The Balaban J connectivity index is 2.22. The van der Waals surface area contributed by atoms with Crippen molar-refractivity contribution in [3.63, 3.8) is 0 Å². The Morgan fingerprint density at radius 2 is 1.96 bits per heavy atom. The van der Waals surface area contributed by atoms with E-state index >= 15 is 0 Å². The van der Waals surface area contributed by atoms with Gasteiger partial charge in [0.05, 0.1) is 12.8 Å². The predicted octanol–water partition coefficient (Wildman–Crippen LogP) is -0.617. The lowest BCUT2D eigenvalue weighted by Crippen LogP contribution is -2.61. The van der Waals surface area contributed by atoms with Crippen LogP contribution in [0.4, 0.5) is 5.69 Å². The van der Waals surface area contributed by atoms with Gasteiger partial charge in [-0.05, 0) is 24.6 Å². The zero-order valence-electron chi connectivity index (χ0n) is 15.4. The molecule has 0 aromatic heterocycles. The second-order valence-corrected chi connectivity index (χ2v) is 6.18. The van der Waals surface area contributed by atoms with Gasteiger partial charge in [0.15, 0.2) is 6.10 Å². The Morgan fingerprint density at radius 1 is 1.26 bits per heavy atom. The van der Waals surface area contributed by atoms with Gasteiger partial charge in [-0.1, -0.05) is 6.07 Å². The highest BCUT2D eigenvalue weighted by atomic mass is 16.7. The number of benzene rings is 1. The van der Waals surface area contributed by atoms with Crippen molar-refractivity contribution in [3.8, 4) is 5.75 Å². The number of nitrogens with zero attached hydrogens (tertiary/aromatic N) is 1. The molecule has 1 aromatic rings. The van der Waals surface area contributed by atoms with E-state index in [-0.39, 0.29) is 0 Å². The number of carbonyl (C=O) groups is 1. The Labute approximate surface area is 156 Å². The first-order chi connectivity index (χ1) is 12.8. The van der Waals surface area contributed by atoms with E-state index in [4.69, 9.17) is 19.4 Å². The molecule has 0 spiro atoms. The van der Waals surface area contributed by atoms with E-state index in [2.05, 4.69) is 5.32 Å². The molecule has 10 nitrogen and oxygen atoms in total. The van der Waals surface area contributed by atoms with Crippen molar-refractivity contribution < 1.29 is 39.5 Å². The van der Waals surface area contributed by atoms with Gasteiger partial charge in [-0.3, -0.25) is 0 Å². The topological polar surface area (TPSA) is 141 Å². The van der Waals surface area contributed by atoms with Gasteiger partial charge in [0, 0.05) is 20.1 Å². The van der Waals surface area contributed by atoms with Crippen LogP contribution in [-0.2, 0) is 20.9 Å². The number of carboxylic acids is 1. The lowest BCUT2D eigenvalue weighted by molar-refractivity contribution is -0.271. The van der Waals surface area contributed by atoms with Crippen molar-refractivity contribution >= 4 is 11.7 Å². The standard InChI is InChI=1S/C17H26N2O8/c1-4-18-10-7-9(8-19(2)25-3)5-6-11(10)26-17-14(22)12(20)13(21)15(27-17)16(23)24/h5-7,12-15,17-18,20-22H,4,8H2,1-3H3,(H,23,24). The highest BCUT2D eigenvalue weighted by molar-refractivity contribution is 5.73. The monoisotopic (exact) mass is 386 g/mol. The van der Waals surface area contributed by atoms with Gasteiger partial charge in [-0.2, -0.15) is 5.06 Å². The van der Waals surface area contributed by atoms with E-state index in [1.807, 2.05) is 13.0 Å². The summed E-state index contributed by atoms with van der Waals surface area (Å²) < 4.78 is 10.8. The van der Waals surface area contributed by atoms with E-state index in [9.17, 15) is 20.1 Å². The molecule has 5 unspecified atom stereocenters. The molecule has 0 bridgehead atoms. The number of nitrogens with one attached hydrogen (secondary N) is 1. The molecule has 1 aromatic carbocycles. The number of anilines is 1. The van der Waals surface area contributed by atoms with Crippen LogP contribution in [0.15, 0.2) is 18.2 Å². The maximum absolute atomic E-state index is 11.2. The minimum absolute atomic E-state index is 0.303. The summed E-state index contributed by atoms with van der Waals surface area (Å²) in [6.07, 6.45) is -8.29. The largest absolute Gasteiger partial charge is 0.479 e. The Kier molecular flexibility index (Phi) is 7.36. The van der Waals surface area contributed by atoms with Gasteiger partial charge in [-0.15, -0.1) is 0 Å². The molecular weight excluding hydrogens is 360 g/mol. The molecule has 5 atom stereocenters. The third-order valence-corrected chi connectivity index (χ3v) is 4.18. The first-order valence-corrected chi connectivity index (χ1v) is 8.49. The number of hydrogen-bond acceptors (Lipinski definition) is 9. The first kappa shape index (κ1) is 21.4. The molecule has 1 saturated heterocycles. The second kappa shape index (κ2) is 9.31. The van der Waals surface area contributed by atoms with Crippen LogP contribution in [0.2, 0.25) is 0 Å². The van der Waals surface area contributed by atoms with Crippen molar-refractivity contribution in [2.75, 3.05) is 26.0 Å². The minimum atomic E-state index is -1.77. The first-order valence-electron chi connectivity index (χ1n) is 8.49. The van der Waals surface area contributed by atoms with Crippen molar-refractivity contribution in [2.45, 2.75) is 44.2 Å². The van der Waals surface area contributed by atoms with Crippen LogP contribution in [0.3, 0.4) is 0 Å². The van der Waals surface area contributed by atoms with Crippen molar-refractivity contribution in [2.24, 2.45) is 0 Å². The summed E-state index contributed by atoms with van der Waals surface area (Å²) in [5.74, 6) is -1.16. The van der Waals surface area contributed by atoms with Crippen LogP contribution >= 0.6 is 0 Å². The van der Waals surface area contributed by atoms with Crippen molar-refractivity contribution in [3.05, 3.63) is 23.8 Å². The van der Waals surface area contributed by atoms with Gasteiger partial charge in [-0.25, -0.2) is 4.79 Å². The van der Waals surface area contributed by atoms with Gasteiger partial charge >= 0.3 is 5.97 Å². The third-order valence-electron chi connectivity index (χ3n) is 4.18. The van der Waals surface area contributed by atoms with Crippen LogP contribution in [0.25, 0.3) is 0 Å². The van der Waals surface area contributed by atoms with Crippen LogP contribution in [-0.4, -0.2) is 82.9 Å². The van der Waals surface area contributed by atoms with Crippen LogP contribution in [0.5, 0.6) is 5.75 Å².